The Labute approximate surface area is 125 Å². The van der Waals surface area contributed by atoms with Crippen LogP contribution in [0.2, 0.25) is 5.15 Å². The van der Waals surface area contributed by atoms with Gasteiger partial charge < -0.3 is 15.0 Å². The first-order valence-electron chi connectivity index (χ1n) is 7.21. The first-order valence-corrected chi connectivity index (χ1v) is 7.58. The van der Waals surface area contributed by atoms with Crippen LogP contribution in [-0.4, -0.2) is 48.2 Å². The van der Waals surface area contributed by atoms with Crippen molar-refractivity contribution in [2.24, 2.45) is 5.92 Å². The standard InChI is InChI=1S/C14H23ClN4O/c1-3-20-10-14-17-12(15)7-13(18-14)16-8-11-5-4-6-19(2)9-11/h7,11H,3-6,8-10H2,1-2H3,(H,16,17,18). The molecule has 5 nitrogen and oxygen atoms in total. The molecule has 1 atom stereocenters. The molecule has 0 aromatic carbocycles. The summed E-state index contributed by atoms with van der Waals surface area (Å²) < 4.78 is 5.32. The van der Waals surface area contributed by atoms with Gasteiger partial charge in [0.2, 0.25) is 0 Å². The minimum absolute atomic E-state index is 0.401. The molecule has 0 radical (unpaired) electrons. The van der Waals surface area contributed by atoms with Crippen molar-refractivity contribution in [2.45, 2.75) is 26.4 Å². The molecule has 0 aliphatic carbocycles. The highest BCUT2D eigenvalue weighted by Gasteiger charge is 2.17. The summed E-state index contributed by atoms with van der Waals surface area (Å²) >= 11 is 6.02. The molecule has 1 saturated heterocycles. The Morgan fingerprint density at radius 3 is 3.10 bits per heavy atom. The second-order valence-corrected chi connectivity index (χ2v) is 5.67. The van der Waals surface area contributed by atoms with Crippen LogP contribution in [0.4, 0.5) is 5.82 Å². The molecule has 20 heavy (non-hydrogen) atoms. The number of piperidine rings is 1. The predicted octanol–water partition coefficient (Wildman–Crippen LogP) is 2.42. The molecule has 2 rings (SSSR count). The van der Waals surface area contributed by atoms with E-state index in [-0.39, 0.29) is 0 Å². The van der Waals surface area contributed by atoms with Gasteiger partial charge >= 0.3 is 0 Å². The Bertz CT molecular complexity index is 430. The summed E-state index contributed by atoms with van der Waals surface area (Å²) in [6.07, 6.45) is 2.53. The van der Waals surface area contributed by atoms with Crippen LogP contribution < -0.4 is 5.32 Å². The fourth-order valence-electron chi connectivity index (χ4n) is 2.50. The maximum absolute atomic E-state index is 6.02. The van der Waals surface area contributed by atoms with Gasteiger partial charge in [0.25, 0.3) is 0 Å². The maximum Gasteiger partial charge on any atom is 0.158 e. The van der Waals surface area contributed by atoms with Crippen molar-refractivity contribution < 1.29 is 4.74 Å². The number of nitrogens with one attached hydrogen (secondary N) is 1. The van der Waals surface area contributed by atoms with Gasteiger partial charge in [-0.25, -0.2) is 9.97 Å². The normalized spacial score (nSPS) is 20.1. The molecule has 0 saturated carbocycles. The molecule has 0 spiro atoms. The number of hydrogen-bond donors (Lipinski definition) is 1. The molecule has 112 valence electrons. The van der Waals surface area contributed by atoms with Gasteiger partial charge in [0.15, 0.2) is 5.82 Å². The first-order chi connectivity index (χ1) is 9.67. The number of halogens is 1. The zero-order chi connectivity index (χ0) is 14.4. The number of likely N-dealkylation sites (tertiary alicyclic amines) is 1. The number of nitrogens with zero attached hydrogens (tertiary/aromatic N) is 3. The largest absolute Gasteiger partial charge is 0.374 e. The van der Waals surface area contributed by atoms with Gasteiger partial charge in [-0.15, -0.1) is 0 Å². The van der Waals surface area contributed by atoms with E-state index in [9.17, 15) is 0 Å². The van der Waals surface area contributed by atoms with Crippen LogP contribution in [0.25, 0.3) is 0 Å². The highest BCUT2D eigenvalue weighted by Crippen LogP contribution is 2.17. The number of aromatic nitrogens is 2. The molecule has 1 aliphatic rings. The van der Waals surface area contributed by atoms with Crippen LogP contribution in [0.5, 0.6) is 0 Å². The highest BCUT2D eigenvalue weighted by molar-refractivity contribution is 6.29. The number of anilines is 1. The van der Waals surface area contributed by atoms with Gasteiger partial charge in [0.05, 0.1) is 0 Å². The Morgan fingerprint density at radius 2 is 2.35 bits per heavy atom. The molecule has 0 amide bonds. The molecule has 2 heterocycles. The van der Waals surface area contributed by atoms with E-state index in [1.165, 1.54) is 19.4 Å². The van der Waals surface area contributed by atoms with Crippen LogP contribution in [-0.2, 0) is 11.3 Å². The van der Waals surface area contributed by atoms with Crippen LogP contribution in [0, 0.1) is 5.92 Å². The van der Waals surface area contributed by atoms with Crippen molar-refractivity contribution in [2.75, 3.05) is 38.6 Å². The molecule has 0 bridgehead atoms. The zero-order valence-corrected chi connectivity index (χ0v) is 13.0. The topological polar surface area (TPSA) is 50.3 Å². The van der Waals surface area contributed by atoms with Gasteiger partial charge in [-0.05, 0) is 39.3 Å². The lowest BCUT2D eigenvalue weighted by Gasteiger charge is -2.29. The van der Waals surface area contributed by atoms with E-state index < -0.39 is 0 Å². The van der Waals surface area contributed by atoms with Crippen LogP contribution in [0.3, 0.4) is 0 Å². The van der Waals surface area contributed by atoms with Gasteiger partial charge in [0.1, 0.15) is 17.6 Å². The Hall–Kier alpha value is -0.910. The summed E-state index contributed by atoms with van der Waals surface area (Å²) in [5.74, 6) is 2.08. The van der Waals surface area contributed by atoms with Crippen molar-refractivity contribution >= 4 is 17.4 Å². The Morgan fingerprint density at radius 1 is 1.50 bits per heavy atom. The molecule has 1 aromatic rings. The minimum atomic E-state index is 0.401. The molecular formula is C14H23ClN4O. The van der Waals surface area contributed by atoms with Gasteiger partial charge in [-0.3, -0.25) is 0 Å². The predicted molar refractivity (Wildman–Crippen MR) is 81.1 cm³/mol. The third kappa shape index (κ3) is 4.89. The Balaban J connectivity index is 1.89. The molecular weight excluding hydrogens is 276 g/mol. The first kappa shape index (κ1) is 15.5. The number of hydrogen-bond acceptors (Lipinski definition) is 5. The lowest BCUT2D eigenvalue weighted by atomic mass is 9.98. The van der Waals surface area contributed by atoms with Crippen LogP contribution >= 0.6 is 11.6 Å². The van der Waals surface area contributed by atoms with Crippen molar-refractivity contribution in [1.82, 2.24) is 14.9 Å². The van der Waals surface area contributed by atoms with Gasteiger partial charge in [-0.2, -0.15) is 0 Å². The van der Waals surface area contributed by atoms with Crippen molar-refractivity contribution in [3.05, 3.63) is 17.0 Å². The average molecular weight is 299 g/mol. The molecule has 1 aromatic heterocycles. The van der Waals surface area contributed by atoms with Gasteiger partial charge in [-0.1, -0.05) is 11.6 Å². The van der Waals surface area contributed by atoms with Crippen molar-refractivity contribution in [3.8, 4) is 0 Å². The number of ether oxygens (including phenoxy) is 1. The monoisotopic (exact) mass is 298 g/mol. The minimum Gasteiger partial charge on any atom is -0.374 e. The third-order valence-electron chi connectivity index (χ3n) is 3.47. The van der Waals surface area contributed by atoms with E-state index in [2.05, 4.69) is 27.2 Å². The molecule has 1 fully saturated rings. The quantitative estimate of drug-likeness (QED) is 0.818. The van der Waals surface area contributed by atoms with E-state index in [4.69, 9.17) is 16.3 Å². The fourth-order valence-corrected chi connectivity index (χ4v) is 2.70. The maximum atomic E-state index is 6.02. The summed E-state index contributed by atoms with van der Waals surface area (Å²) in [7, 11) is 2.17. The lowest BCUT2D eigenvalue weighted by Crippen LogP contribution is -2.35. The molecule has 1 unspecified atom stereocenters. The van der Waals surface area contributed by atoms with Crippen LogP contribution in [0.15, 0.2) is 6.07 Å². The molecule has 1 aliphatic heterocycles. The SMILES string of the molecule is CCOCc1nc(Cl)cc(NCC2CCCN(C)C2)n1. The zero-order valence-electron chi connectivity index (χ0n) is 12.2. The van der Waals surface area contributed by atoms with Crippen molar-refractivity contribution in [3.63, 3.8) is 0 Å². The van der Waals surface area contributed by atoms with E-state index in [0.717, 1.165) is 18.9 Å². The second-order valence-electron chi connectivity index (χ2n) is 5.28. The van der Waals surface area contributed by atoms with E-state index >= 15 is 0 Å². The molecule has 6 heteroatoms. The van der Waals surface area contributed by atoms with E-state index in [0.29, 0.717) is 30.1 Å². The van der Waals surface area contributed by atoms with E-state index in [1.54, 1.807) is 6.07 Å². The van der Waals surface area contributed by atoms with E-state index in [1.807, 2.05) is 6.92 Å². The third-order valence-corrected chi connectivity index (χ3v) is 3.66. The highest BCUT2D eigenvalue weighted by atomic mass is 35.5. The second kappa shape index (κ2) is 7.76. The Kier molecular flexibility index (Phi) is 6.01. The summed E-state index contributed by atoms with van der Waals surface area (Å²) in [6.45, 7) is 6.26. The number of rotatable bonds is 6. The fraction of sp³-hybridized carbons (Fsp3) is 0.714. The summed E-state index contributed by atoms with van der Waals surface area (Å²) in [5, 5.41) is 3.83. The van der Waals surface area contributed by atoms with Gasteiger partial charge in [0, 0.05) is 25.8 Å². The molecule has 1 N–H and O–H groups in total. The van der Waals surface area contributed by atoms with Crippen molar-refractivity contribution in [1.29, 1.82) is 0 Å². The van der Waals surface area contributed by atoms with Crippen LogP contribution in [0.1, 0.15) is 25.6 Å². The summed E-state index contributed by atoms with van der Waals surface area (Å²) in [5.41, 5.74) is 0. The summed E-state index contributed by atoms with van der Waals surface area (Å²) in [6, 6.07) is 1.77. The smallest absolute Gasteiger partial charge is 0.158 e. The lowest BCUT2D eigenvalue weighted by molar-refractivity contribution is 0.128. The average Bonchev–Trinajstić information content (AvgIpc) is 2.42. The summed E-state index contributed by atoms with van der Waals surface area (Å²) in [4.78, 5) is 11.0.